The van der Waals surface area contributed by atoms with Gasteiger partial charge in [-0.05, 0) is 49.9 Å². The lowest BCUT2D eigenvalue weighted by Gasteiger charge is -2.20. The summed E-state index contributed by atoms with van der Waals surface area (Å²) < 4.78 is 5.21. The molecule has 29 heavy (non-hydrogen) atoms. The molecule has 1 aliphatic rings. The Bertz CT molecular complexity index is 751. The van der Waals surface area contributed by atoms with Gasteiger partial charge in [-0.15, -0.1) is 0 Å². The standard InChI is InChI=1S/C23H34N4O2/c1-2-9-21-25-23(29-26-21)13-8-12-22(28)24-17-19-10-7-11-20(16-19)18-27-14-5-3-4-6-15-27/h7,10-11,16H,2-6,8-9,12-15,17-18H2,1H3,(H,24,28). The number of nitrogens with one attached hydrogen (secondary N) is 1. The summed E-state index contributed by atoms with van der Waals surface area (Å²) in [6, 6.07) is 8.59. The van der Waals surface area contributed by atoms with Crippen molar-refractivity contribution in [3.63, 3.8) is 0 Å². The molecule has 0 radical (unpaired) electrons. The number of rotatable bonds is 10. The second kappa shape index (κ2) is 11.7. The van der Waals surface area contributed by atoms with Crippen LogP contribution in [0.25, 0.3) is 0 Å². The first-order valence-corrected chi connectivity index (χ1v) is 11.1. The van der Waals surface area contributed by atoms with E-state index in [1.807, 2.05) is 0 Å². The average Bonchev–Trinajstić information content (AvgIpc) is 3.00. The number of aryl methyl sites for hydroxylation is 2. The van der Waals surface area contributed by atoms with Crippen molar-refractivity contribution in [2.75, 3.05) is 13.1 Å². The molecule has 0 aliphatic carbocycles. The zero-order valence-electron chi connectivity index (χ0n) is 17.7. The van der Waals surface area contributed by atoms with Crippen molar-refractivity contribution >= 4 is 5.91 Å². The van der Waals surface area contributed by atoms with Gasteiger partial charge in [-0.25, -0.2) is 0 Å². The topological polar surface area (TPSA) is 71.3 Å². The SMILES string of the molecule is CCCc1noc(CCCC(=O)NCc2cccc(CN3CCCCCC3)c2)n1. The molecule has 6 heteroatoms. The van der Waals surface area contributed by atoms with Gasteiger partial charge >= 0.3 is 0 Å². The maximum absolute atomic E-state index is 12.2. The first-order chi connectivity index (χ1) is 14.2. The summed E-state index contributed by atoms with van der Waals surface area (Å²) in [5.74, 6) is 1.45. The summed E-state index contributed by atoms with van der Waals surface area (Å²) in [4.78, 5) is 19.1. The minimum absolute atomic E-state index is 0.0659. The fourth-order valence-electron chi connectivity index (χ4n) is 3.80. The van der Waals surface area contributed by atoms with Gasteiger partial charge in [0.15, 0.2) is 5.82 Å². The Kier molecular flexibility index (Phi) is 8.68. The molecule has 1 N–H and O–H groups in total. The highest BCUT2D eigenvalue weighted by atomic mass is 16.5. The first-order valence-electron chi connectivity index (χ1n) is 11.1. The van der Waals surface area contributed by atoms with Crippen LogP contribution < -0.4 is 5.32 Å². The van der Waals surface area contributed by atoms with Crippen LogP contribution in [0.4, 0.5) is 0 Å². The molecule has 0 atom stereocenters. The van der Waals surface area contributed by atoms with Crippen LogP contribution in [-0.2, 0) is 30.7 Å². The summed E-state index contributed by atoms with van der Waals surface area (Å²) in [5.41, 5.74) is 2.49. The van der Waals surface area contributed by atoms with Gasteiger partial charge in [-0.1, -0.05) is 49.2 Å². The minimum Gasteiger partial charge on any atom is -0.352 e. The average molecular weight is 399 g/mol. The zero-order valence-corrected chi connectivity index (χ0v) is 17.7. The number of likely N-dealkylation sites (tertiary alicyclic amines) is 1. The highest BCUT2D eigenvalue weighted by molar-refractivity contribution is 5.75. The van der Waals surface area contributed by atoms with Crippen molar-refractivity contribution in [2.24, 2.45) is 0 Å². The Labute approximate surface area is 174 Å². The lowest BCUT2D eigenvalue weighted by atomic mass is 10.1. The maximum atomic E-state index is 12.2. The van der Waals surface area contributed by atoms with Gasteiger partial charge in [-0.2, -0.15) is 4.98 Å². The quantitative estimate of drug-likeness (QED) is 0.654. The molecule has 1 aliphatic heterocycles. The predicted molar refractivity (Wildman–Crippen MR) is 113 cm³/mol. The molecule has 158 valence electrons. The highest BCUT2D eigenvalue weighted by Crippen LogP contribution is 2.14. The molecule has 1 saturated heterocycles. The van der Waals surface area contributed by atoms with Crippen LogP contribution in [0.5, 0.6) is 0 Å². The van der Waals surface area contributed by atoms with E-state index in [0.717, 1.165) is 30.8 Å². The van der Waals surface area contributed by atoms with E-state index in [9.17, 15) is 4.79 Å². The van der Waals surface area contributed by atoms with Crippen LogP contribution >= 0.6 is 0 Å². The van der Waals surface area contributed by atoms with E-state index in [4.69, 9.17) is 4.52 Å². The van der Waals surface area contributed by atoms with Crippen molar-refractivity contribution in [3.8, 4) is 0 Å². The molecule has 1 aromatic heterocycles. The van der Waals surface area contributed by atoms with Gasteiger partial charge in [0.1, 0.15) is 0 Å². The van der Waals surface area contributed by atoms with Gasteiger partial charge in [-0.3, -0.25) is 9.69 Å². The molecule has 3 rings (SSSR count). The van der Waals surface area contributed by atoms with Crippen LogP contribution in [0.3, 0.4) is 0 Å². The Morgan fingerprint density at radius 1 is 1.14 bits per heavy atom. The largest absolute Gasteiger partial charge is 0.352 e. The molecular formula is C23H34N4O2. The Morgan fingerprint density at radius 2 is 1.93 bits per heavy atom. The van der Waals surface area contributed by atoms with Crippen molar-refractivity contribution in [2.45, 2.75) is 77.8 Å². The Morgan fingerprint density at radius 3 is 2.72 bits per heavy atom. The molecule has 1 amide bonds. The van der Waals surface area contributed by atoms with Crippen molar-refractivity contribution in [1.82, 2.24) is 20.4 Å². The number of benzene rings is 1. The lowest BCUT2D eigenvalue weighted by Crippen LogP contribution is -2.24. The van der Waals surface area contributed by atoms with Gasteiger partial charge in [0.05, 0.1) is 0 Å². The van der Waals surface area contributed by atoms with Crippen LogP contribution in [0.1, 0.15) is 74.7 Å². The van der Waals surface area contributed by atoms with E-state index < -0.39 is 0 Å². The predicted octanol–water partition coefficient (Wildman–Crippen LogP) is 4.04. The van der Waals surface area contributed by atoms with E-state index in [2.05, 4.69) is 51.5 Å². The number of carbonyl (C=O) groups is 1. The third kappa shape index (κ3) is 7.61. The zero-order chi connectivity index (χ0) is 20.3. The molecule has 6 nitrogen and oxygen atoms in total. The monoisotopic (exact) mass is 398 g/mol. The second-order valence-corrected chi connectivity index (χ2v) is 7.99. The molecule has 0 saturated carbocycles. The summed E-state index contributed by atoms with van der Waals surface area (Å²) >= 11 is 0. The summed E-state index contributed by atoms with van der Waals surface area (Å²) in [5, 5.41) is 6.98. The Balaban J connectivity index is 1.38. The van der Waals surface area contributed by atoms with Crippen molar-refractivity contribution < 1.29 is 9.32 Å². The first kappa shape index (κ1) is 21.5. The molecule has 2 heterocycles. The summed E-state index contributed by atoms with van der Waals surface area (Å²) in [6.07, 6.45) is 8.99. The van der Waals surface area contributed by atoms with E-state index in [1.54, 1.807) is 0 Å². The molecule has 1 fully saturated rings. The van der Waals surface area contributed by atoms with E-state index >= 15 is 0 Å². The number of hydrogen-bond acceptors (Lipinski definition) is 5. The van der Waals surface area contributed by atoms with Crippen LogP contribution in [0, 0.1) is 0 Å². The minimum atomic E-state index is 0.0659. The van der Waals surface area contributed by atoms with Gasteiger partial charge in [0.25, 0.3) is 0 Å². The van der Waals surface area contributed by atoms with Crippen LogP contribution in [0.2, 0.25) is 0 Å². The maximum Gasteiger partial charge on any atom is 0.226 e. The van der Waals surface area contributed by atoms with Crippen LogP contribution in [0.15, 0.2) is 28.8 Å². The number of amides is 1. The fraction of sp³-hybridized carbons (Fsp3) is 0.609. The molecule has 2 aromatic rings. The molecule has 1 aromatic carbocycles. The van der Waals surface area contributed by atoms with Crippen LogP contribution in [-0.4, -0.2) is 34.0 Å². The van der Waals surface area contributed by atoms with Crippen molar-refractivity contribution in [3.05, 3.63) is 47.1 Å². The summed E-state index contributed by atoms with van der Waals surface area (Å²) in [7, 11) is 0. The molecule has 0 spiro atoms. The third-order valence-corrected chi connectivity index (χ3v) is 5.36. The molecule has 0 unspecified atom stereocenters. The highest BCUT2D eigenvalue weighted by Gasteiger charge is 2.10. The van der Waals surface area contributed by atoms with E-state index in [0.29, 0.717) is 31.7 Å². The van der Waals surface area contributed by atoms with E-state index in [1.165, 1.54) is 44.3 Å². The number of carbonyl (C=O) groups excluding carboxylic acids is 1. The fourth-order valence-corrected chi connectivity index (χ4v) is 3.80. The van der Waals surface area contributed by atoms with E-state index in [-0.39, 0.29) is 5.91 Å². The molecular weight excluding hydrogens is 364 g/mol. The molecule has 0 bridgehead atoms. The number of nitrogens with zero attached hydrogens (tertiary/aromatic N) is 3. The van der Waals surface area contributed by atoms with Gasteiger partial charge < -0.3 is 9.84 Å². The second-order valence-electron chi connectivity index (χ2n) is 7.99. The lowest BCUT2D eigenvalue weighted by molar-refractivity contribution is -0.121. The normalized spacial score (nSPS) is 15.2. The third-order valence-electron chi connectivity index (χ3n) is 5.36. The van der Waals surface area contributed by atoms with Crippen molar-refractivity contribution in [1.29, 1.82) is 0 Å². The van der Waals surface area contributed by atoms with Gasteiger partial charge in [0.2, 0.25) is 11.8 Å². The summed E-state index contributed by atoms with van der Waals surface area (Å²) in [6.45, 7) is 6.06. The van der Waals surface area contributed by atoms with Gasteiger partial charge in [0, 0.05) is 32.4 Å². The Hall–Kier alpha value is -2.21. The number of hydrogen-bond donors (Lipinski definition) is 1. The number of aromatic nitrogens is 2. The smallest absolute Gasteiger partial charge is 0.226 e.